The average molecular weight is 380 g/mol. The number of nitrogens with zero attached hydrogens (tertiary/aromatic N) is 1. The van der Waals surface area contributed by atoms with Gasteiger partial charge in [-0.15, -0.1) is 0 Å². The lowest BCUT2D eigenvalue weighted by Gasteiger charge is -2.20. The summed E-state index contributed by atoms with van der Waals surface area (Å²) >= 11 is 1.00. The van der Waals surface area contributed by atoms with Gasteiger partial charge < -0.3 is 9.73 Å². The van der Waals surface area contributed by atoms with E-state index in [1.165, 1.54) is 12.1 Å². The molecule has 0 bridgehead atoms. The molecule has 0 aliphatic heterocycles. The number of anilines is 1. The van der Waals surface area contributed by atoms with Crippen molar-refractivity contribution in [2.24, 2.45) is 0 Å². The van der Waals surface area contributed by atoms with E-state index < -0.39 is 6.03 Å². The number of rotatable bonds is 6. The summed E-state index contributed by atoms with van der Waals surface area (Å²) in [5, 5.41) is 3.23. The molecule has 5 nitrogen and oxygen atoms in total. The first-order chi connectivity index (χ1) is 12.2. The van der Waals surface area contributed by atoms with Crippen molar-refractivity contribution in [1.82, 2.24) is 9.71 Å². The van der Waals surface area contributed by atoms with Crippen LogP contribution in [0.3, 0.4) is 0 Å². The summed E-state index contributed by atoms with van der Waals surface area (Å²) in [5.74, 6) is 0.111. The number of aromatic nitrogens is 1. The average Bonchev–Trinajstić information content (AvgIpc) is 3.03. The molecule has 1 aromatic heterocycles. The van der Waals surface area contributed by atoms with E-state index in [2.05, 4.69) is 15.0 Å². The molecule has 2 N–H and O–H groups in total. The van der Waals surface area contributed by atoms with E-state index in [-0.39, 0.29) is 23.6 Å². The first-order valence-electron chi connectivity index (χ1n) is 8.71. The molecule has 0 saturated carbocycles. The van der Waals surface area contributed by atoms with Crippen LogP contribution in [0, 0.1) is 5.82 Å². The lowest BCUT2D eigenvalue weighted by Crippen LogP contribution is -2.24. The second-order valence-electron chi connectivity index (χ2n) is 7.12. The summed E-state index contributed by atoms with van der Waals surface area (Å²) < 4.78 is 21.9. The van der Waals surface area contributed by atoms with Crippen LogP contribution in [0.15, 0.2) is 28.0 Å². The number of oxazole rings is 1. The van der Waals surface area contributed by atoms with E-state index in [1.807, 2.05) is 41.5 Å². The Bertz CT molecular complexity index is 743. The van der Waals surface area contributed by atoms with E-state index in [1.54, 1.807) is 6.26 Å². The number of urea groups is 1. The van der Waals surface area contributed by atoms with Gasteiger partial charge >= 0.3 is 6.03 Å². The van der Waals surface area contributed by atoms with Crippen LogP contribution in [0.5, 0.6) is 0 Å². The highest BCUT2D eigenvalue weighted by molar-refractivity contribution is 7.97. The van der Waals surface area contributed by atoms with E-state index in [0.29, 0.717) is 10.9 Å². The molecule has 0 fully saturated rings. The molecular weight excluding hydrogens is 353 g/mol. The predicted octanol–water partition coefficient (Wildman–Crippen LogP) is 6.01. The fourth-order valence-corrected chi connectivity index (χ4v) is 2.99. The van der Waals surface area contributed by atoms with Crippen LogP contribution in [-0.2, 0) is 0 Å². The lowest BCUT2D eigenvalue weighted by atomic mass is 9.92. The first kappa shape index (κ1) is 20.3. The molecule has 0 radical (unpaired) electrons. The highest BCUT2D eigenvalue weighted by Gasteiger charge is 2.18. The van der Waals surface area contributed by atoms with Gasteiger partial charge in [-0.05, 0) is 41.0 Å². The highest BCUT2D eigenvalue weighted by Crippen LogP contribution is 2.33. The molecule has 2 amide bonds. The number of carbonyl (C=O) groups is 1. The van der Waals surface area contributed by atoms with E-state index >= 15 is 0 Å². The van der Waals surface area contributed by atoms with Crippen LogP contribution < -0.4 is 10.0 Å². The van der Waals surface area contributed by atoms with Crippen molar-refractivity contribution < 1.29 is 13.6 Å². The Morgan fingerprint density at radius 1 is 1.08 bits per heavy atom. The number of hydrogen-bond donors (Lipinski definition) is 2. The predicted molar refractivity (Wildman–Crippen MR) is 103 cm³/mol. The molecular formula is C19H26FN3O2S. The monoisotopic (exact) mass is 379 g/mol. The highest BCUT2D eigenvalue weighted by atomic mass is 32.2. The number of halogens is 1. The second-order valence-corrected chi connectivity index (χ2v) is 7.88. The molecule has 1 heterocycles. The first-order valence-corrected chi connectivity index (χ1v) is 9.53. The maximum Gasteiger partial charge on any atom is 0.329 e. The molecule has 0 aliphatic carbocycles. The van der Waals surface area contributed by atoms with Gasteiger partial charge in [0.25, 0.3) is 5.22 Å². The van der Waals surface area contributed by atoms with Gasteiger partial charge in [-0.3, -0.25) is 4.72 Å². The Kier molecular flexibility index (Phi) is 6.69. The molecule has 2 aromatic rings. The van der Waals surface area contributed by atoms with Crippen molar-refractivity contribution in [1.29, 1.82) is 0 Å². The minimum atomic E-state index is -0.408. The molecule has 0 spiro atoms. The van der Waals surface area contributed by atoms with Gasteiger partial charge in [-0.25, -0.2) is 14.2 Å². The molecule has 142 valence electrons. The largest absolute Gasteiger partial charge is 0.438 e. The van der Waals surface area contributed by atoms with Gasteiger partial charge in [0.2, 0.25) is 0 Å². The van der Waals surface area contributed by atoms with Crippen LogP contribution in [-0.4, -0.2) is 11.0 Å². The number of amides is 2. The smallest absolute Gasteiger partial charge is 0.329 e. The molecule has 0 unspecified atom stereocenters. The summed E-state index contributed by atoms with van der Waals surface area (Å²) in [4.78, 5) is 16.7. The van der Waals surface area contributed by atoms with Crippen LogP contribution in [0.4, 0.5) is 14.9 Å². The van der Waals surface area contributed by atoms with Gasteiger partial charge in [-0.2, -0.15) is 0 Å². The molecule has 0 atom stereocenters. The van der Waals surface area contributed by atoms with Gasteiger partial charge in [-0.1, -0.05) is 41.5 Å². The standard InChI is InChI=1S/C19H26FN3O2S/c1-10(2)14-7-13(20)8-15(11(3)4)17(14)22-18(24)23-26-19-21-16(9-25-19)12(5)6/h7-12H,1-6H3,(H2,22,23,24). The minimum absolute atomic E-state index is 0.0755. The van der Waals surface area contributed by atoms with Crippen LogP contribution in [0.25, 0.3) is 0 Å². The third-order valence-corrected chi connectivity index (χ3v) is 4.62. The maximum absolute atomic E-state index is 13.9. The normalized spacial score (nSPS) is 11.5. The number of benzene rings is 1. The summed E-state index contributed by atoms with van der Waals surface area (Å²) in [7, 11) is 0. The van der Waals surface area contributed by atoms with E-state index in [9.17, 15) is 9.18 Å². The fourth-order valence-electron chi connectivity index (χ4n) is 2.51. The van der Waals surface area contributed by atoms with Crippen LogP contribution >= 0.6 is 11.9 Å². The van der Waals surface area contributed by atoms with E-state index in [4.69, 9.17) is 4.42 Å². The maximum atomic E-state index is 13.9. The minimum Gasteiger partial charge on any atom is -0.438 e. The quantitative estimate of drug-likeness (QED) is 0.603. The Morgan fingerprint density at radius 2 is 1.65 bits per heavy atom. The van der Waals surface area contributed by atoms with Gasteiger partial charge in [0.1, 0.15) is 12.1 Å². The van der Waals surface area contributed by atoms with Crippen molar-refractivity contribution >= 4 is 23.7 Å². The molecule has 26 heavy (non-hydrogen) atoms. The zero-order chi connectivity index (χ0) is 19.4. The summed E-state index contributed by atoms with van der Waals surface area (Å²) in [5.41, 5.74) is 3.03. The number of nitrogens with one attached hydrogen (secondary N) is 2. The van der Waals surface area contributed by atoms with E-state index in [0.717, 1.165) is 28.8 Å². The van der Waals surface area contributed by atoms with Gasteiger partial charge in [0.05, 0.1) is 5.69 Å². The molecule has 1 aromatic carbocycles. The van der Waals surface area contributed by atoms with Crippen LogP contribution in [0.2, 0.25) is 0 Å². The summed E-state index contributed by atoms with van der Waals surface area (Å²) in [6.07, 6.45) is 1.58. The van der Waals surface area contributed by atoms with Crippen molar-refractivity contribution in [3.63, 3.8) is 0 Å². The zero-order valence-electron chi connectivity index (χ0n) is 16.0. The lowest BCUT2D eigenvalue weighted by molar-refractivity contribution is 0.257. The summed E-state index contributed by atoms with van der Waals surface area (Å²) in [6.45, 7) is 11.9. The summed E-state index contributed by atoms with van der Waals surface area (Å²) in [6, 6.07) is 2.54. The Hall–Kier alpha value is -2.02. The molecule has 2 rings (SSSR count). The second kappa shape index (κ2) is 8.58. The number of hydrogen-bond acceptors (Lipinski definition) is 4. The topological polar surface area (TPSA) is 67.2 Å². The van der Waals surface area contributed by atoms with Gasteiger partial charge in [0.15, 0.2) is 0 Å². The third-order valence-electron chi connectivity index (χ3n) is 3.97. The van der Waals surface area contributed by atoms with Crippen LogP contribution in [0.1, 0.15) is 76.1 Å². The third kappa shape index (κ3) is 5.00. The van der Waals surface area contributed by atoms with Crippen molar-refractivity contribution in [3.05, 3.63) is 41.0 Å². The molecule has 0 saturated heterocycles. The van der Waals surface area contributed by atoms with Gasteiger partial charge in [0, 0.05) is 17.6 Å². The van der Waals surface area contributed by atoms with Crippen molar-refractivity contribution in [2.45, 2.75) is 64.5 Å². The Morgan fingerprint density at radius 3 is 2.12 bits per heavy atom. The SMILES string of the molecule is CC(C)c1coc(SNC(=O)Nc2c(C(C)C)cc(F)cc2C(C)C)n1. The number of carbonyl (C=O) groups excluding carboxylic acids is 1. The zero-order valence-corrected chi connectivity index (χ0v) is 16.8. The van der Waals surface area contributed by atoms with Crippen molar-refractivity contribution in [3.8, 4) is 0 Å². The van der Waals surface area contributed by atoms with Crippen molar-refractivity contribution in [2.75, 3.05) is 5.32 Å². The Labute approximate surface area is 158 Å². The Balaban J connectivity index is 2.14. The molecule has 0 aliphatic rings. The fraction of sp³-hybridized carbons (Fsp3) is 0.474. The molecule has 7 heteroatoms.